The summed E-state index contributed by atoms with van der Waals surface area (Å²) in [4.78, 5) is 0. The molecule has 2 aromatic carbocycles. The molecule has 0 fully saturated rings. The molecule has 0 spiro atoms. The summed E-state index contributed by atoms with van der Waals surface area (Å²) in [5.74, 6) is 3.19. The van der Waals surface area contributed by atoms with Crippen LogP contribution in [0.3, 0.4) is 0 Å². The van der Waals surface area contributed by atoms with Crippen molar-refractivity contribution >= 4 is 0 Å². The largest absolute Gasteiger partial charge is 0.493 e. The van der Waals surface area contributed by atoms with Crippen molar-refractivity contribution in [3.05, 3.63) is 53.1 Å². The van der Waals surface area contributed by atoms with Crippen molar-refractivity contribution in [1.29, 1.82) is 5.26 Å². The van der Waals surface area contributed by atoms with E-state index in [1.54, 1.807) is 14.2 Å². The Kier molecular flexibility index (Phi) is 9.05. The lowest BCUT2D eigenvalue weighted by molar-refractivity contribution is 0.350. The van der Waals surface area contributed by atoms with E-state index in [4.69, 9.17) is 19.5 Å². The lowest BCUT2D eigenvalue weighted by Gasteiger charge is -2.26. The summed E-state index contributed by atoms with van der Waals surface area (Å²) in [5, 5.41) is 12.1. The molecule has 166 valence electrons. The fourth-order valence-corrected chi connectivity index (χ4v) is 4.33. The van der Waals surface area contributed by atoms with Gasteiger partial charge in [-0.15, -0.1) is 0 Å². The summed E-state index contributed by atoms with van der Waals surface area (Å²) in [6.45, 7) is 2.22. The molecule has 0 radical (unpaired) electrons. The summed E-state index contributed by atoms with van der Waals surface area (Å²) in [7, 11) is 3.41. The van der Waals surface area contributed by atoms with E-state index in [1.165, 1.54) is 36.0 Å². The topological polar surface area (TPSA) is 63.5 Å². The molecule has 1 aliphatic carbocycles. The first kappa shape index (κ1) is 23.0. The van der Waals surface area contributed by atoms with Crippen molar-refractivity contribution in [2.75, 3.05) is 33.9 Å². The highest BCUT2D eigenvalue weighted by Crippen LogP contribution is 2.36. The van der Waals surface area contributed by atoms with Gasteiger partial charge in [0, 0.05) is 0 Å². The molecule has 1 unspecified atom stereocenters. The lowest BCUT2D eigenvalue weighted by atomic mass is 9.81. The van der Waals surface area contributed by atoms with Gasteiger partial charge in [0.15, 0.2) is 18.1 Å². The SMILES string of the molecule is COc1cc2c(cc1OC)CC(CCCNCCCc1ccc(OCC#N)cc1)CC2. The molecule has 1 atom stereocenters. The summed E-state index contributed by atoms with van der Waals surface area (Å²) in [5.41, 5.74) is 4.14. The minimum atomic E-state index is 0.0968. The van der Waals surface area contributed by atoms with Crippen molar-refractivity contribution in [3.8, 4) is 23.3 Å². The molecule has 0 amide bonds. The maximum Gasteiger partial charge on any atom is 0.174 e. The zero-order chi connectivity index (χ0) is 21.9. The van der Waals surface area contributed by atoms with Gasteiger partial charge in [-0.2, -0.15) is 5.26 Å². The van der Waals surface area contributed by atoms with Crippen LogP contribution in [0.4, 0.5) is 0 Å². The maximum absolute atomic E-state index is 8.55. The molecular weight excluding hydrogens is 388 g/mol. The number of nitrogens with zero attached hydrogens (tertiary/aromatic N) is 1. The highest BCUT2D eigenvalue weighted by Gasteiger charge is 2.20. The second kappa shape index (κ2) is 12.2. The molecule has 0 aromatic heterocycles. The van der Waals surface area contributed by atoms with Gasteiger partial charge in [-0.1, -0.05) is 12.1 Å². The summed E-state index contributed by atoms with van der Waals surface area (Å²) in [6, 6.07) is 14.3. The third-order valence-corrected chi connectivity index (χ3v) is 6.05. The van der Waals surface area contributed by atoms with E-state index in [1.807, 2.05) is 18.2 Å². The van der Waals surface area contributed by atoms with Crippen molar-refractivity contribution in [1.82, 2.24) is 5.32 Å². The molecule has 0 saturated heterocycles. The van der Waals surface area contributed by atoms with Crippen LogP contribution in [0.2, 0.25) is 0 Å². The van der Waals surface area contributed by atoms with E-state index in [0.29, 0.717) is 0 Å². The maximum atomic E-state index is 8.55. The fraction of sp³-hybridized carbons (Fsp3) is 0.500. The first-order valence-electron chi connectivity index (χ1n) is 11.3. The Morgan fingerprint density at radius 1 is 1.00 bits per heavy atom. The summed E-state index contributed by atoms with van der Waals surface area (Å²) >= 11 is 0. The smallest absolute Gasteiger partial charge is 0.174 e. The van der Waals surface area contributed by atoms with Gasteiger partial charge in [0.2, 0.25) is 0 Å². The number of rotatable bonds is 12. The van der Waals surface area contributed by atoms with Crippen LogP contribution in [-0.4, -0.2) is 33.9 Å². The van der Waals surface area contributed by atoms with E-state index >= 15 is 0 Å². The van der Waals surface area contributed by atoms with Crippen LogP contribution in [0.5, 0.6) is 17.2 Å². The first-order valence-corrected chi connectivity index (χ1v) is 11.3. The fourth-order valence-electron chi connectivity index (χ4n) is 4.33. The number of nitriles is 1. The number of hydrogen-bond donors (Lipinski definition) is 1. The average Bonchev–Trinajstić information content (AvgIpc) is 2.81. The van der Waals surface area contributed by atoms with E-state index in [-0.39, 0.29) is 6.61 Å². The number of hydrogen-bond acceptors (Lipinski definition) is 5. The summed E-state index contributed by atoms with van der Waals surface area (Å²) in [6.07, 6.45) is 8.20. The molecule has 0 saturated carbocycles. The van der Waals surface area contributed by atoms with E-state index in [0.717, 1.165) is 61.9 Å². The second-order valence-corrected chi connectivity index (χ2v) is 8.17. The minimum absolute atomic E-state index is 0.0968. The zero-order valence-electron chi connectivity index (χ0n) is 18.8. The monoisotopic (exact) mass is 422 g/mol. The predicted molar refractivity (Wildman–Crippen MR) is 123 cm³/mol. The van der Waals surface area contributed by atoms with Gasteiger partial charge in [0.25, 0.3) is 0 Å². The molecular formula is C26H34N2O3. The van der Waals surface area contributed by atoms with Crippen molar-refractivity contribution in [2.24, 2.45) is 5.92 Å². The van der Waals surface area contributed by atoms with Crippen LogP contribution < -0.4 is 19.5 Å². The Morgan fingerprint density at radius 3 is 2.42 bits per heavy atom. The van der Waals surface area contributed by atoms with Crippen molar-refractivity contribution in [2.45, 2.75) is 44.9 Å². The minimum Gasteiger partial charge on any atom is -0.493 e. The lowest BCUT2D eigenvalue weighted by Crippen LogP contribution is -2.20. The molecule has 0 aliphatic heterocycles. The summed E-state index contributed by atoms with van der Waals surface area (Å²) < 4.78 is 16.2. The number of aryl methyl sites for hydroxylation is 2. The Morgan fingerprint density at radius 2 is 1.71 bits per heavy atom. The normalized spacial score (nSPS) is 15.1. The van der Waals surface area contributed by atoms with E-state index in [9.17, 15) is 0 Å². The third kappa shape index (κ3) is 6.90. The van der Waals surface area contributed by atoms with Gasteiger partial charge in [0.05, 0.1) is 14.2 Å². The Balaban J connectivity index is 1.30. The van der Waals surface area contributed by atoms with Crippen LogP contribution >= 0.6 is 0 Å². The molecule has 1 N–H and O–H groups in total. The second-order valence-electron chi connectivity index (χ2n) is 8.17. The number of fused-ring (bicyclic) bond motifs is 1. The zero-order valence-corrected chi connectivity index (χ0v) is 18.8. The van der Waals surface area contributed by atoms with Crippen LogP contribution in [0.1, 0.15) is 42.4 Å². The Hall–Kier alpha value is -2.71. The third-order valence-electron chi connectivity index (χ3n) is 6.05. The van der Waals surface area contributed by atoms with Crippen LogP contribution in [0.15, 0.2) is 36.4 Å². The van der Waals surface area contributed by atoms with Crippen molar-refractivity contribution < 1.29 is 14.2 Å². The van der Waals surface area contributed by atoms with Gasteiger partial charge < -0.3 is 19.5 Å². The van der Waals surface area contributed by atoms with Gasteiger partial charge in [-0.05, 0) is 105 Å². The molecule has 5 nitrogen and oxygen atoms in total. The van der Waals surface area contributed by atoms with Crippen molar-refractivity contribution in [3.63, 3.8) is 0 Å². The first-order chi connectivity index (χ1) is 15.2. The van der Waals surface area contributed by atoms with Gasteiger partial charge >= 0.3 is 0 Å². The number of ether oxygens (including phenoxy) is 3. The quantitative estimate of drug-likeness (QED) is 0.502. The predicted octanol–water partition coefficient (Wildman–Crippen LogP) is 4.71. The molecule has 5 heteroatoms. The molecule has 0 heterocycles. The van der Waals surface area contributed by atoms with E-state index in [2.05, 4.69) is 29.6 Å². The number of methoxy groups -OCH3 is 2. The van der Waals surface area contributed by atoms with Crippen LogP contribution in [-0.2, 0) is 19.3 Å². The number of benzene rings is 2. The highest BCUT2D eigenvalue weighted by atomic mass is 16.5. The van der Waals surface area contributed by atoms with Gasteiger partial charge in [-0.3, -0.25) is 0 Å². The molecule has 2 aromatic rings. The van der Waals surface area contributed by atoms with Gasteiger partial charge in [0.1, 0.15) is 11.8 Å². The Labute approximate surface area is 186 Å². The average molecular weight is 423 g/mol. The molecule has 3 rings (SSSR count). The Bertz CT molecular complexity index is 858. The molecule has 31 heavy (non-hydrogen) atoms. The molecule has 1 aliphatic rings. The highest BCUT2D eigenvalue weighted by molar-refractivity contribution is 5.48. The van der Waals surface area contributed by atoms with Crippen LogP contribution in [0, 0.1) is 17.2 Å². The standard InChI is InChI=1S/C26H34N2O3/c1-29-25-18-22-10-7-21(17-23(22)19-26(25)30-2)6-4-15-28-14-3-5-20-8-11-24(12-9-20)31-16-13-27/h8-9,11-12,18-19,21,28H,3-7,10,14-17H2,1-2H3. The number of nitrogens with one attached hydrogen (secondary N) is 1. The van der Waals surface area contributed by atoms with Crippen LogP contribution in [0.25, 0.3) is 0 Å². The van der Waals surface area contributed by atoms with E-state index < -0.39 is 0 Å². The van der Waals surface area contributed by atoms with Gasteiger partial charge in [-0.25, -0.2) is 0 Å². The molecule has 0 bridgehead atoms.